The highest BCUT2D eigenvalue weighted by molar-refractivity contribution is 6.01. The number of imidazole rings is 1. The van der Waals surface area contributed by atoms with Gasteiger partial charge in [0, 0.05) is 18.3 Å². The monoisotopic (exact) mass is 389 g/mol. The predicted molar refractivity (Wildman–Crippen MR) is 98.8 cm³/mol. The van der Waals surface area contributed by atoms with Crippen molar-refractivity contribution in [2.24, 2.45) is 0 Å². The molecule has 0 radical (unpaired) electrons. The zero-order valence-corrected chi connectivity index (χ0v) is 15.2. The third-order valence-corrected chi connectivity index (χ3v) is 4.10. The highest BCUT2D eigenvalue weighted by atomic mass is 19.4. The fourth-order valence-electron chi connectivity index (χ4n) is 2.82. The Balaban J connectivity index is 1.93. The van der Waals surface area contributed by atoms with Crippen molar-refractivity contribution < 1.29 is 23.0 Å². The quantitative estimate of drug-likeness (QED) is 0.479. The van der Waals surface area contributed by atoms with Crippen molar-refractivity contribution in [3.63, 3.8) is 0 Å². The minimum absolute atomic E-state index is 0.0533. The smallest absolute Gasteiger partial charge is 0.507 e. The number of aromatic nitrogens is 2. The van der Waals surface area contributed by atoms with E-state index in [0.717, 1.165) is 0 Å². The molecule has 28 heavy (non-hydrogen) atoms. The molecule has 2 N–H and O–H groups in total. The van der Waals surface area contributed by atoms with Crippen molar-refractivity contribution >= 4 is 5.84 Å². The summed E-state index contributed by atoms with van der Waals surface area (Å²) in [5.41, 5.74) is 1.55. The van der Waals surface area contributed by atoms with Crippen LogP contribution in [-0.4, -0.2) is 26.9 Å². The maximum atomic E-state index is 12.3. The summed E-state index contributed by atoms with van der Waals surface area (Å²) in [6, 6.07) is 10.1. The largest absolute Gasteiger partial charge is 0.573 e. The molecule has 3 rings (SSSR count). The van der Waals surface area contributed by atoms with Crippen molar-refractivity contribution in [2.75, 3.05) is 0 Å². The summed E-state index contributed by atoms with van der Waals surface area (Å²) in [5, 5.41) is 18.7. The van der Waals surface area contributed by atoms with E-state index < -0.39 is 6.36 Å². The molecule has 1 aromatic heterocycles. The Morgan fingerprint density at radius 2 is 1.75 bits per heavy atom. The van der Waals surface area contributed by atoms with E-state index in [9.17, 15) is 18.3 Å². The van der Waals surface area contributed by atoms with Crippen LogP contribution < -0.4 is 4.74 Å². The molecule has 0 atom stereocenters. The number of nitrogens with zero attached hydrogens (tertiary/aromatic N) is 2. The zero-order chi connectivity index (χ0) is 20.5. The summed E-state index contributed by atoms with van der Waals surface area (Å²) >= 11 is 0. The Kier molecular flexibility index (Phi) is 5.13. The predicted octanol–water partition coefficient (Wildman–Crippen LogP) is 5.15. The van der Waals surface area contributed by atoms with Gasteiger partial charge < -0.3 is 9.84 Å². The van der Waals surface area contributed by atoms with Gasteiger partial charge in [0.1, 0.15) is 23.2 Å². The topological polar surface area (TPSA) is 71.1 Å². The lowest BCUT2D eigenvalue weighted by Crippen LogP contribution is -2.17. The molecule has 1 heterocycles. The Morgan fingerprint density at radius 1 is 1.11 bits per heavy atom. The van der Waals surface area contributed by atoms with Crippen LogP contribution in [0.1, 0.15) is 31.2 Å². The van der Waals surface area contributed by atoms with Gasteiger partial charge in [0.25, 0.3) is 0 Å². The molecular weight excluding hydrogens is 371 g/mol. The summed E-state index contributed by atoms with van der Waals surface area (Å²) < 4.78 is 42.3. The average molecular weight is 389 g/mol. The molecule has 0 aliphatic carbocycles. The first-order chi connectivity index (χ1) is 13.2. The van der Waals surface area contributed by atoms with Crippen LogP contribution in [0.2, 0.25) is 0 Å². The van der Waals surface area contributed by atoms with Crippen LogP contribution in [-0.2, 0) is 0 Å². The summed E-state index contributed by atoms with van der Waals surface area (Å²) in [6.45, 7) is 3.90. The first-order valence-electron chi connectivity index (χ1n) is 8.47. The maximum absolute atomic E-state index is 12.3. The molecule has 146 valence electrons. The molecular formula is C20H18F3N3O2. The second-order valence-electron chi connectivity index (χ2n) is 6.46. The fourth-order valence-corrected chi connectivity index (χ4v) is 2.82. The normalized spacial score (nSPS) is 11.6. The average Bonchev–Trinajstić information content (AvgIpc) is 3.11. The minimum atomic E-state index is -4.75. The van der Waals surface area contributed by atoms with Crippen molar-refractivity contribution in [1.29, 1.82) is 5.41 Å². The second-order valence-corrected chi connectivity index (χ2v) is 6.46. The third-order valence-electron chi connectivity index (χ3n) is 4.10. The number of aromatic hydroxyl groups is 1. The molecule has 0 aliphatic heterocycles. The van der Waals surface area contributed by atoms with E-state index in [1.54, 1.807) is 29.1 Å². The van der Waals surface area contributed by atoms with Crippen molar-refractivity contribution in [3.8, 4) is 22.6 Å². The highest BCUT2D eigenvalue weighted by Gasteiger charge is 2.31. The van der Waals surface area contributed by atoms with Crippen molar-refractivity contribution in [2.45, 2.75) is 26.1 Å². The first kappa shape index (κ1) is 19.5. The Bertz CT molecular complexity index is 993. The van der Waals surface area contributed by atoms with Crippen LogP contribution in [0, 0.1) is 5.41 Å². The Labute approximate surface area is 159 Å². The molecule has 0 amide bonds. The summed E-state index contributed by atoms with van der Waals surface area (Å²) in [5.74, 6) is 0.431. The summed E-state index contributed by atoms with van der Waals surface area (Å²) in [4.78, 5) is 4.25. The SMILES string of the molecule is CC(C)c1nccn1C(=N)c1cc(-c2ccc(OC(F)(F)F)cc2)ccc1O. The third kappa shape index (κ3) is 4.16. The standard InChI is InChI=1S/C20H18F3N3O2/c1-12(2)19-25-9-10-26(19)18(24)16-11-14(5-8-17(16)27)13-3-6-15(7-4-13)28-20(21,22)23/h3-12,24,27H,1-2H3. The van der Waals surface area contributed by atoms with Gasteiger partial charge in [-0.3, -0.25) is 9.98 Å². The number of nitrogens with one attached hydrogen (secondary N) is 1. The van der Waals surface area contributed by atoms with E-state index in [4.69, 9.17) is 5.41 Å². The van der Waals surface area contributed by atoms with Gasteiger partial charge in [-0.2, -0.15) is 0 Å². The van der Waals surface area contributed by atoms with Crippen LogP contribution in [0.25, 0.3) is 11.1 Å². The Morgan fingerprint density at radius 3 is 2.36 bits per heavy atom. The Hall–Kier alpha value is -3.29. The number of rotatable bonds is 4. The van der Waals surface area contributed by atoms with Crippen LogP contribution >= 0.6 is 0 Å². The molecule has 0 bridgehead atoms. The van der Waals surface area contributed by atoms with E-state index >= 15 is 0 Å². The number of ether oxygens (including phenoxy) is 1. The lowest BCUT2D eigenvalue weighted by atomic mass is 10.0. The fraction of sp³-hybridized carbons (Fsp3) is 0.200. The number of phenols is 1. The van der Waals surface area contributed by atoms with Crippen molar-refractivity contribution in [3.05, 3.63) is 66.2 Å². The molecule has 2 aromatic carbocycles. The number of phenolic OH excluding ortho intramolecular Hbond substituents is 1. The van der Waals surface area contributed by atoms with Gasteiger partial charge in [-0.15, -0.1) is 13.2 Å². The van der Waals surface area contributed by atoms with Crippen LogP contribution in [0.3, 0.4) is 0 Å². The van der Waals surface area contributed by atoms with Gasteiger partial charge in [0.05, 0.1) is 5.56 Å². The molecule has 3 aromatic rings. The zero-order valence-electron chi connectivity index (χ0n) is 15.2. The first-order valence-corrected chi connectivity index (χ1v) is 8.47. The molecule has 8 heteroatoms. The van der Waals surface area contributed by atoms with Gasteiger partial charge in [-0.1, -0.05) is 32.0 Å². The lowest BCUT2D eigenvalue weighted by molar-refractivity contribution is -0.274. The van der Waals surface area contributed by atoms with Crippen molar-refractivity contribution in [1.82, 2.24) is 9.55 Å². The minimum Gasteiger partial charge on any atom is -0.507 e. The van der Waals surface area contributed by atoms with Gasteiger partial charge >= 0.3 is 6.36 Å². The second kappa shape index (κ2) is 7.38. The number of hydrogen-bond acceptors (Lipinski definition) is 4. The van der Waals surface area contributed by atoms with Gasteiger partial charge in [-0.05, 0) is 35.4 Å². The number of alkyl halides is 3. The molecule has 5 nitrogen and oxygen atoms in total. The van der Waals surface area contributed by atoms with E-state index in [1.165, 1.54) is 30.3 Å². The van der Waals surface area contributed by atoms with Crippen LogP contribution in [0.4, 0.5) is 13.2 Å². The molecule has 0 saturated heterocycles. The molecule has 0 unspecified atom stereocenters. The van der Waals surface area contributed by atoms with E-state index in [2.05, 4.69) is 9.72 Å². The molecule has 0 spiro atoms. The number of halogens is 3. The molecule has 0 aliphatic rings. The molecule has 0 saturated carbocycles. The van der Waals surface area contributed by atoms with Crippen LogP contribution in [0.5, 0.6) is 11.5 Å². The van der Waals surface area contributed by atoms with E-state index in [1.807, 2.05) is 13.8 Å². The van der Waals surface area contributed by atoms with Crippen LogP contribution in [0.15, 0.2) is 54.9 Å². The lowest BCUT2D eigenvalue weighted by Gasteiger charge is -2.14. The van der Waals surface area contributed by atoms with E-state index in [-0.39, 0.29) is 28.8 Å². The van der Waals surface area contributed by atoms with E-state index in [0.29, 0.717) is 17.0 Å². The van der Waals surface area contributed by atoms with Gasteiger partial charge in [0.2, 0.25) is 0 Å². The highest BCUT2D eigenvalue weighted by Crippen LogP contribution is 2.30. The number of hydrogen-bond donors (Lipinski definition) is 2. The number of benzene rings is 2. The summed E-state index contributed by atoms with van der Waals surface area (Å²) in [6.07, 6.45) is -1.52. The van der Waals surface area contributed by atoms with Gasteiger partial charge in [0.15, 0.2) is 0 Å². The maximum Gasteiger partial charge on any atom is 0.573 e. The summed E-state index contributed by atoms with van der Waals surface area (Å²) in [7, 11) is 0. The van der Waals surface area contributed by atoms with Gasteiger partial charge in [-0.25, -0.2) is 4.98 Å². The molecule has 0 fully saturated rings.